The number of allylic oxidation sites excluding steroid dienone is 6. The molecule has 17 N–H and O–H groups in total. The lowest BCUT2D eigenvalue weighted by molar-refractivity contribution is -0.124. The van der Waals surface area contributed by atoms with Crippen LogP contribution in [0.25, 0.3) is 11.0 Å². The monoisotopic (exact) mass is 1270 g/mol. The van der Waals surface area contributed by atoms with E-state index in [0.29, 0.717) is 56.4 Å². The number of nitrogens with two attached hydrogens (primary N) is 6. The van der Waals surface area contributed by atoms with Crippen molar-refractivity contribution in [2.24, 2.45) is 94.7 Å². The highest BCUT2D eigenvalue weighted by Crippen LogP contribution is 2.63. The number of phosphoric acid groups is 1. The standard InChI is InChI=1S/C62H90N13O14P/c1-29-20-39-40(21-30(29)2)75(28-70-39)57-52(84)53(41(27-76)87-57)89-90(85,86)88-31(3)26-69-49(83)18-19-59(8)37(22-46(66)80)56-62(11)61(10,25-48(68)82)36(14-17-45(65)79)51(74-62)33(5)55-60(9,24-47(67)81)34(12-15-43(63)77)38(71-55)23-42-58(6,7)35(13-16-44(64)78)50(72-42)32(4)54(59)73-56/h20-21,23,28,31,34-37,41,52-53,56-57,71,76,84H,12-19,22,24-27H2,1-11H3,(H2,63,77)(H2,64,78)(H2,65,79)(H2,66,80)(H2,67,81)(H2,68,82)(H,69,83)(H,85,86)/b38-23?,50-32?,55-33-/t31-,34-,35-,36-,37+,41-,52-,53-,56-,57?,59-,60+,61+,62+/m1/s1. The molecule has 0 aliphatic carbocycles. The number of ether oxygens (including phenoxy) is 1. The van der Waals surface area contributed by atoms with Crippen LogP contribution in [-0.2, 0) is 51.9 Å². The average Bonchev–Trinajstić information content (AvgIpc) is 1.53. The Morgan fingerprint density at radius 1 is 0.800 bits per heavy atom. The van der Waals surface area contributed by atoms with Crippen LogP contribution in [0.5, 0.6) is 0 Å². The largest absolute Gasteiger partial charge is 0.472 e. The lowest BCUT2D eigenvalue weighted by Gasteiger charge is -2.48. The van der Waals surface area contributed by atoms with Crippen molar-refractivity contribution >= 4 is 77.3 Å². The molecule has 2 aromatic rings. The lowest BCUT2D eigenvalue weighted by Crippen LogP contribution is -2.56. The van der Waals surface area contributed by atoms with Gasteiger partial charge >= 0.3 is 7.82 Å². The van der Waals surface area contributed by atoms with E-state index in [1.807, 2.05) is 87.4 Å². The molecule has 6 aliphatic heterocycles. The van der Waals surface area contributed by atoms with Gasteiger partial charge in [-0.2, -0.15) is 0 Å². The molecule has 8 bridgehead atoms. The summed E-state index contributed by atoms with van der Waals surface area (Å²) in [6.07, 6.45) is -4.26. The second-order valence-corrected chi connectivity index (χ2v) is 28.4. The van der Waals surface area contributed by atoms with Gasteiger partial charge in [0.25, 0.3) is 0 Å². The third-order valence-electron chi connectivity index (χ3n) is 20.6. The molecule has 15 atom stereocenters. The van der Waals surface area contributed by atoms with Crippen LogP contribution in [0.2, 0.25) is 0 Å². The van der Waals surface area contributed by atoms with Gasteiger partial charge in [-0.05, 0) is 108 Å². The van der Waals surface area contributed by atoms with Gasteiger partial charge in [0.2, 0.25) is 41.4 Å². The molecule has 1 aromatic heterocycles. The number of carbonyl (C=O) groups excluding carboxylic acids is 7. The number of amides is 7. The molecule has 2 fully saturated rings. The first-order chi connectivity index (χ1) is 41.8. The van der Waals surface area contributed by atoms with E-state index >= 15 is 0 Å². The lowest BCUT2D eigenvalue weighted by atomic mass is 9.55. The number of benzene rings is 1. The smallest absolute Gasteiger partial charge is 0.394 e. The zero-order chi connectivity index (χ0) is 66.7. The minimum atomic E-state index is -5.07. The van der Waals surface area contributed by atoms with E-state index in [2.05, 4.69) is 15.6 Å². The van der Waals surface area contributed by atoms with Gasteiger partial charge in [0, 0.05) is 131 Å². The minimum Gasteiger partial charge on any atom is -0.394 e. The first kappa shape index (κ1) is 68.9. The van der Waals surface area contributed by atoms with E-state index in [1.165, 1.54) is 13.3 Å². The van der Waals surface area contributed by atoms with Crippen LogP contribution < -0.4 is 45.0 Å². The van der Waals surface area contributed by atoms with E-state index in [-0.39, 0.29) is 77.2 Å². The molecule has 90 heavy (non-hydrogen) atoms. The van der Waals surface area contributed by atoms with Crippen LogP contribution in [0, 0.1) is 59.2 Å². The van der Waals surface area contributed by atoms with E-state index < -0.39 is 143 Å². The van der Waals surface area contributed by atoms with Crippen molar-refractivity contribution in [1.82, 2.24) is 20.2 Å². The van der Waals surface area contributed by atoms with Gasteiger partial charge in [-0.3, -0.25) is 57.6 Å². The molecular weight excluding hydrogens is 1180 g/mol. The summed E-state index contributed by atoms with van der Waals surface area (Å²) < 4.78 is 32.3. The second kappa shape index (κ2) is 25.6. The predicted molar refractivity (Wildman–Crippen MR) is 334 cm³/mol. The first-order valence-electron chi connectivity index (χ1n) is 30.6. The summed E-state index contributed by atoms with van der Waals surface area (Å²) in [5.41, 5.74) is 37.4. The Balaban J connectivity index is 1.19. The number of phosphoric ester groups is 1. The quantitative estimate of drug-likeness (QED) is 0.0603. The van der Waals surface area contributed by atoms with Gasteiger partial charge in [-0.25, -0.2) is 9.55 Å². The summed E-state index contributed by atoms with van der Waals surface area (Å²) in [5.74, 6) is -7.18. The maximum Gasteiger partial charge on any atom is 0.472 e. The van der Waals surface area contributed by atoms with E-state index in [0.717, 1.165) is 11.1 Å². The summed E-state index contributed by atoms with van der Waals surface area (Å²) >= 11 is 0. The summed E-state index contributed by atoms with van der Waals surface area (Å²) in [6, 6.07) is 2.70. The minimum absolute atomic E-state index is 0.0114. The number of carbonyl (C=O) groups is 7. The molecule has 492 valence electrons. The normalized spacial score (nSPS) is 32.8. The molecule has 8 rings (SSSR count). The van der Waals surface area contributed by atoms with Crippen molar-refractivity contribution in [2.45, 2.75) is 189 Å². The van der Waals surface area contributed by atoms with E-state index in [4.69, 9.17) is 63.2 Å². The number of rotatable bonds is 26. The van der Waals surface area contributed by atoms with Gasteiger partial charge in [0.1, 0.15) is 18.3 Å². The van der Waals surface area contributed by atoms with Gasteiger partial charge in [0.15, 0.2) is 6.23 Å². The fourth-order valence-electron chi connectivity index (χ4n) is 15.4. The molecule has 2 unspecified atom stereocenters. The van der Waals surface area contributed by atoms with Crippen LogP contribution in [0.15, 0.2) is 67.8 Å². The van der Waals surface area contributed by atoms with E-state index in [1.54, 1.807) is 4.57 Å². The number of nitrogens with zero attached hydrogens (tertiary/aromatic N) is 5. The summed E-state index contributed by atoms with van der Waals surface area (Å²) in [4.78, 5) is 126. The molecule has 0 spiro atoms. The maximum atomic E-state index is 14.4. The first-order valence-corrected chi connectivity index (χ1v) is 32.1. The Kier molecular flexibility index (Phi) is 19.6. The van der Waals surface area contributed by atoms with Gasteiger partial charge in [0.05, 0.1) is 41.7 Å². The van der Waals surface area contributed by atoms with Gasteiger partial charge < -0.3 is 69.4 Å². The highest BCUT2D eigenvalue weighted by molar-refractivity contribution is 7.47. The number of aliphatic hydroxyl groups is 2. The number of fused-ring (bicyclic) bond motifs is 7. The highest BCUT2D eigenvalue weighted by atomic mass is 31.2. The molecule has 6 aliphatic rings. The molecule has 28 heteroatoms. The van der Waals surface area contributed by atoms with Crippen molar-refractivity contribution < 1.29 is 67.0 Å². The second-order valence-electron chi connectivity index (χ2n) is 27.1. The number of aliphatic hydroxyl groups excluding tert-OH is 2. The summed E-state index contributed by atoms with van der Waals surface area (Å²) in [5, 5.41) is 28.2. The van der Waals surface area contributed by atoms with Crippen molar-refractivity contribution in [3.8, 4) is 0 Å². The number of primary amides is 6. The Morgan fingerprint density at radius 2 is 1.40 bits per heavy atom. The molecule has 0 radical (unpaired) electrons. The number of imidazole rings is 1. The average molecular weight is 1270 g/mol. The Hall–Kier alpha value is -7.00. The van der Waals surface area contributed by atoms with Crippen molar-refractivity contribution in [3.05, 3.63) is 63.9 Å². The SMILES string of the molecule is CC1=C2N=C(C=C3N/C(=C(/C)C4=N[C@@](C)([C@@H]5N=C1[C@](C)(CCC(=O)NC[C@@H](C)OP(=O)(O)O[C@@H]1[C@@H](CO)OC(n6cnc7cc(C)c(C)cc76)[C@@H]1O)[C@H]5CC(N)=O)[C@@](C)(CC(N)=O)[C@@H]4CCC(N)=O)[C@@](C)(CC(N)=O)[C@@H]3CCC(N)=O)C(C)(C)[C@@H]2CCC(N)=O. The number of hydrogen-bond acceptors (Lipinski definition) is 18. The van der Waals surface area contributed by atoms with Crippen LogP contribution >= 0.6 is 7.82 Å². The van der Waals surface area contributed by atoms with Crippen LogP contribution in [0.3, 0.4) is 0 Å². The molecule has 27 nitrogen and oxygen atoms in total. The maximum absolute atomic E-state index is 14.4. The van der Waals surface area contributed by atoms with Gasteiger partial charge in [-0.1, -0.05) is 34.6 Å². The van der Waals surface area contributed by atoms with Crippen LogP contribution in [-0.4, -0.2) is 132 Å². The predicted octanol–water partition coefficient (Wildman–Crippen LogP) is 3.16. The molecule has 2 saturated heterocycles. The number of nitrogens with one attached hydrogen (secondary N) is 2. The summed E-state index contributed by atoms with van der Waals surface area (Å²) in [6.45, 7) is 19.3. The molecular formula is C62H90N13O14P. The number of hydrogen-bond donors (Lipinski definition) is 11. The van der Waals surface area contributed by atoms with Gasteiger partial charge in [-0.15, -0.1) is 0 Å². The number of aromatic nitrogens is 2. The zero-order valence-corrected chi connectivity index (χ0v) is 54.1. The number of aliphatic imine (C=N–C) groups is 3. The van der Waals surface area contributed by atoms with Crippen molar-refractivity contribution in [2.75, 3.05) is 13.2 Å². The Bertz CT molecular complexity index is 3540. The van der Waals surface area contributed by atoms with Crippen LogP contribution in [0.4, 0.5) is 0 Å². The third kappa shape index (κ3) is 13.0. The van der Waals surface area contributed by atoms with E-state index in [9.17, 15) is 53.2 Å². The van der Waals surface area contributed by atoms with Crippen molar-refractivity contribution in [1.29, 1.82) is 0 Å². The Morgan fingerprint density at radius 3 is 1.99 bits per heavy atom. The molecule has 7 amide bonds. The number of aryl methyl sites for hydroxylation is 2. The molecule has 1 aromatic carbocycles. The third-order valence-corrected chi connectivity index (χ3v) is 21.7. The fourth-order valence-corrected chi connectivity index (χ4v) is 16.6. The topological polar surface area (TPSA) is 460 Å². The highest BCUT2D eigenvalue weighted by Gasteiger charge is 2.66. The molecule has 0 saturated carbocycles. The fraction of sp³-hybridized carbons (Fsp3) is 0.629. The zero-order valence-electron chi connectivity index (χ0n) is 53.3. The summed E-state index contributed by atoms with van der Waals surface area (Å²) in [7, 11) is -5.07. The molecule has 7 heterocycles. The van der Waals surface area contributed by atoms with Crippen LogP contribution in [0.1, 0.15) is 150 Å². The Labute approximate surface area is 523 Å². The van der Waals surface area contributed by atoms with Crippen molar-refractivity contribution in [3.63, 3.8) is 0 Å².